The first-order valence-electron chi connectivity index (χ1n) is 13.8. The lowest BCUT2D eigenvalue weighted by molar-refractivity contribution is 0.0447. The van der Waals surface area contributed by atoms with Crippen LogP contribution in [0.2, 0.25) is 5.02 Å². The van der Waals surface area contributed by atoms with Crippen LogP contribution in [-0.4, -0.2) is 84.3 Å². The van der Waals surface area contributed by atoms with E-state index in [0.717, 1.165) is 0 Å². The number of anilines is 1. The van der Waals surface area contributed by atoms with Crippen molar-refractivity contribution < 1.29 is 23.4 Å². The molecule has 0 saturated carbocycles. The first-order chi connectivity index (χ1) is 21.9. The standard InChI is InChI=1S/C28H26ClFN10O5/c1-43-8-9-44-10-11-45-28(42)34-22-6-2-16(14-31-22)25-26(30)36-27(35-25)21-5-7-23-33-19(13-24(41)40(21)23)18-12-17(29)3-4-20(18)39-15-32-37-38-39/h2-4,6,12-15,21H,5,7-11H2,1H3,(H,35,36)(H,31,34,42)/t21-/m0/s1. The molecule has 0 aliphatic carbocycles. The minimum Gasteiger partial charge on any atom is -0.447 e. The van der Waals surface area contributed by atoms with Crippen molar-refractivity contribution in [1.82, 2.24) is 44.7 Å². The third-order valence-corrected chi connectivity index (χ3v) is 7.20. The molecule has 1 aromatic carbocycles. The van der Waals surface area contributed by atoms with E-state index in [9.17, 15) is 9.59 Å². The molecule has 6 rings (SSSR count). The van der Waals surface area contributed by atoms with Gasteiger partial charge in [0.25, 0.3) is 5.56 Å². The summed E-state index contributed by atoms with van der Waals surface area (Å²) in [5.41, 5.74) is 1.65. The number of aryl methyl sites for hydroxylation is 1. The molecule has 17 heteroatoms. The number of fused-ring (bicyclic) bond motifs is 1. The minimum atomic E-state index is -0.706. The molecule has 4 aromatic heterocycles. The molecule has 5 aromatic rings. The molecule has 0 radical (unpaired) electrons. The largest absolute Gasteiger partial charge is 0.447 e. The van der Waals surface area contributed by atoms with E-state index in [1.54, 1.807) is 31.4 Å². The maximum absolute atomic E-state index is 15.1. The summed E-state index contributed by atoms with van der Waals surface area (Å²) in [7, 11) is 1.56. The molecular weight excluding hydrogens is 611 g/mol. The van der Waals surface area contributed by atoms with Crippen LogP contribution >= 0.6 is 11.6 Å². The Morgan fingerprint density at radius 3 is 2.80 bits per heavy atom. The number of carbonyl (C=O) groups excluding carboxylic acids is 1. The zero-order valence-electron chi connectivity index (χ0n) is 23.8. The number of pyridine rings is 1. The fraction of sp³-hybridized carbons (Fsp3) is 0.286. The molecule has 1 aliphatic heterocycles. The number of nitrogens with one attached hydrogen (secondary N) is 2. The van der Waals surface area contributed by atoms with Crippen LogP contribution in [0.25, 0.3) is 28.2 Å². The van der Waals surface area contributed by atoms with Crippen molar-refractivity contribution in [3.8, 4) is 28.2 Å². The lowest BCUT2D eigenvalue weighted by atomic mass is 10.1. The summed E-state index contributed by atoms with van der Waals surface area (Å²) in [6.45, 7) is 1.12. The summed E-state index contributed by atoms with van der Waals surface area (Å²) >= 11 is 6.27. The highest BCUT2D eigenvalue weighted by Crippen LogP contribution is 2.33. The summed E-state index contributed by atoms with van der Waals surface area (Å²) in [5, 5.41) is 14.3. The maximum Gasteiger partial charge on any atom is 0.412 e. The summed E-state index contributed by atoms with van der Waals surface area (Å²) in [5.74, 6) is 0.320. The number of methoxy groups -OCH3 is 1. The number of hydrogen-bond donors (Lipinski definition) is 2. The number of ether oxygens (including phenoxy) is 3. The van der Waals surface area contributed by atoms with Gasteiger partial charge in [-0.2, -0.15) is 9.07 Å². The highest BCUT2D eigenvalue weighted by Gasteiger charge is 2.30. The van der Waals surface area contributed by atoms with E-state index >= 15 is 4.39 Å². The SMILES string of the molecule is COCCOCCOC(=O)Nc1ccc(-c2nc([C@@H]3CCc4nc(-c5cc(Cl)ccc5-n5cnnn5)cc(=O)n43)[nH]c2F)cn1. The quantitative estimate of drug-likeness (QED) is 0.204. The second-order valence-electron chi connectivity index (χ2n) is 9.82. The van der Waals surface area contributed by atoms with Crippen LogP contribution in [0.4, 0.5) is 15.0 Å². The molecule has 232 valence electrons. The van der Waals surface area contributed by atoms with Gasteiger partial charge in [0.05, 0.1) is 37.2 Å². The van der Waals surface area contributed by atoms with Crippen LogP contribution in [-0.2, 0) is 20.6 Å². The highest BCUT2D eigenvalue weighted by atomic mass is 35.5. The molecule has 45 heavy (non-hydrogen) atoms. The van der Waals surface area contributed by atoms with E-state index in [1.165, 1.54) is 33.9 Å². The van der Waals surface area contributed by atoms with Gasteiger partial charge in [-0.25, -0.2) is 19.7 Å². The summed E-state index contributed by atoms with van der Waals surface area (Å²) in [6.07, 6.45) is 3.05. The Bertz CT molecular complexity index is 1860. The van der Waals surface area contributed by atoms with Gasteiger partial charge in [0, 0.05) is 41.9 Å². The first kappa shape index (κ1) is 30.0. The Labute approximate surface area is 259 Å². The van der Waals surface area contributed by atoms with E-state index in [-0.39, 0.29) is 36.1 Å². The number of H-pyrrole nitrogens is 1. The zero-order chi connectivity index (χ0) is 31.3. The van der Waals surface area contributed by atoms with Gasteiger partial charge >= 0.3 is 6.09 Å². The lowest BCUT2D eigenvalue weighted by Gasteiger charge is -2.14. The van der Waals surface area contributed by atoms with Crippen LogP contribution in [0.3, 0.4) is 0 Å². The molecule has 0 spiro atoms. The molecule has 1 atom stereocenters. The highest BCUT2D eigenvalue weighted by molar-refractivity contribution is 6.31. The van der Waals surface area contributed by atoms with E-state index in [2.05, 4.69) is 35.8 Å². The molecule has 0 fully saturated rings. The number of imidazole rings is 1. The van der Waals surface area contributed by atoms with Gasteiger partial charge in [0.15, 0.2) is 0 Å². The van der Waals surface area contributed by atoms with Gasteiger partial charge < -0.3 is 19.2 Å². The number of nitrogens with zero attached hydrogens (tertiary/aromatic N) is 8. The average molecular weight is 637 g/mol. The molecule has 1 aliphatic rings. The van der Waals surface area contributed by atoms with Crippen molar-refractivity contribution >= 4 is 23.5 Å². The molecule has 5 heterocycles. The van der Waals surface area contributed by atoms with Crippen LogP contribution in [0.15, 0.2) is 53.7 Å². The number of rotatable bonds is 11. The molecule has 0 unspecified atom stereocenters. The predicted octanol–water partition coefficient (Wildman–Crippen LogP) is 3.21. The Balaban J connectivity index is 1.17. The third kappa shape index (κ3) is 6.57. The van der Waals surface area contributed by atoms with Gasteiger partial charge in [-0.15, -0.1) is 5.10 Å². The number of halogens is 2. The molecular formula is C28H26ClFN10O5. The first-order valence-corrected chi connectivity index (χ1v) is 14.2. The number of amides is 1. The number of carbonyl (C=O) groups is 1. The Hall–Kier alpha value is -5.06. The van der Waals surface area contributed by atoms with Crippen molar-refractivity contribution in [2.45, 2.75) is 18.9 Å². The summed E-state index contributed by atoms with van der Waals surface area (Å²) in [4.78, 5) is 41.5. The van der Waals surface area contributed by atoms with E-state index in [1.807, 2.05) is 0 Å². The molecule has 0 saturated heterocycles. The maximum atomic E-state index is 15.1. The molecule has 0 bridgehead atoms. The molecule has 15 nitrogen and oxygen atoms in total. The van der Waals surface area contributed by atoms with E-state index < -0.39 is 18.1 Å². The summed E-state index contributed by atoms with van der Waals surface area (Å²) in [6, 6.07) is 9.03. The van der Waals surface area contributed by atoms with Crippen LogP contribution in [0, 0.1) is 5.95 Å². The van der Waals surface area contributed by atoms with E-state index in [0.29, 0.717) is 59.4 Å². The van der Waals surface area contributed by atoms with Crippen molar-refractivity contribution in [2.75, 3.05) is 38.9 Å². The van der Waals surface area contributed by atoms with Crippen molar-refractivity contribution in [3.05, 3.63) is 81.9 Å². The smallest absolute Gasteiger partial charge is 0.412 e. The Morgan fingerprint density at radius 2 is 2.02 bits per heavy atom. The predicted molar refractivity (Wildman–Crippen MR) is 158 cm³/mol. The van der Waals surface area contributed by atoms with Gasteiger partial charge in [0.1, 0.15) is 36.1 Å². The number of aromatic amines is 1. The third-order valence-electron chi connectivity index (χ3n) is 6.96. The number of tetrazole rings is 1. The zero-order valence-corrected chi connectivity index (χ0v) is 24.6. The van der Waals surface area contributed by atoms with E-state index in [4.69, 9.17) is 30.8 Å². The van der Waals surface area contributed by atoms with Gasteiger partial charge in [-0.3, -0.25) is 14.7 Å². The molecule has 2 N–H and O–H groups in total. The van der Waals surface area contributed by atoms with Gasteiger partial charge in [0.2, 0.25) is 5.95 Å². The monoisotopic (exact) mass is 636 g/mol. The fourth-order valence-electron chi connectivity index (χ4n) is 4.93. The average Bonchev–Trinajstić information content (AvgIpc) is 3.80. The van der Waals surface area contributed by atoms with Crippen molar-refractivity contribution in [3.63, 3.8) is 0 Å². The number of benzene rings is 1. The second-order valence-corrected chi connectivity index (χ2v) is 10.3. The second kappa shape index (κ2) is 13.3. The molecule has 1 amide bonds. The van der Waals surface area contributed by atoms with Gasteiger partial charge in [-0.1, -0.05) is 11.6 Å². The van der Waals surface area contributed by atoms with Gasteiger partial charge in [-0.05, 0) is 47.2 Å². The Morgan fingerprint density at radius 1 is 1.16 bits per heavy atom. The lowest BCUT2D eigenvalue weighted by Crippen LogP contribution is -2.25. The van der Waals surface area contributed by atoms with Crippen LogP contribution in [0.1, 0.15) is 24.1 Å². The van der Waals surface area contributed by atoms with Crippen molar-refractivity contribution in [2.24, 2.45) is 0 Å². The summed E-state index contributed by atoms with van der Waals surface area (Å²) < 4.78 is 33.2. The number of aromatic nitrogens is 9. The Kier molecular flexibility index (Phi) is 8.86. The number of hydrogen-bond acceptors (Lipinski definition) is 11. The van der Waals surface area contributed by atoms with Crippen molar-refractivity contribution in [1.29, 1.82) is 0 Å². The van der Waals surface area contributed by atoms with Crippen LogP contribution < -0.4 is 10.9 Å². The minimum absolute atomic E-state index is 0.0240. The topological polar surface area (TPSA) is 177 Å². The van der Waals surface area contributed by atoms with Crippen LogP contribution in [0.5, 0.6) is 0 Å². The fourth-order valence-corrected chi connectivity index (χ4v) is 5.10. The normalized spacial score (nSPS) is 14.0.